The summed E-state index contributed by atoms with van der Waals surface area (Å²) >= 11 is 0. The Balaban J connectivity index is 2.42. The summed E-state index contributed by atoms with van der Waals surface area (Å²) in [6, 6.07) is 0. The highest BCUT2D eigenvalue weighted by Crippen LogP contribution is 2.15. The number of carbonyl (C=O) groups is 1. The fourth-order valence-corrected chi connectivity index (χ4v) is 3.73. The highest BCUT2D eigenvalue weighted by atomic mass is 32.2. The summed E-state index contributed by atoms with van der Waals surface area (Å²) in [5.74, 6) is 0.270. The molecule has 118 valence electrons. The van der Waals surface area contributed by atoms with Gasteiger partial charge in [-0.3, -0.25) is 4.79 Å². The number of hydrogen-bond donors (Lipinski definition) is 1. The van der Waals surface area contributed by atoms with Crippen LogP contribution < -0.4 is 5.32 Å². The maximum absolute atomic E-state index is 11.7. The lowest BCUT2D eigenvalue weighted by atomic mass is 9.96. The number of hydrogen-bond acceptors (Lipinski definition) is 6. The number of esters is 1. The smallest absolute Gasteiger partial charge is 0.325 e. The second-order valence-electron chi connectivity index (χ2n) is 5.52. The van der Waals surface area contributed by atoms with Gasteiger partial charge in [0.25, 0.3) is 0 Å². The number of nitrogens with one attached hydrogen (secondary N) is 1. The second-order valence-corrected chi connectivity index (χ2v) is 7.83. The molecule has 1 fully saturated rings. The van der Waals surface area contributed by atoms with Gasteiger partial charge in [-0.15, -0.1) is 0 Å². The van der Waals surface area contributed by atoms with Crippen molar-refractivity contribution in [3.8, 4) is 0 Å². The first-order valence-electron chi connectivity index (χ1n) is 7.03. The molecule has 1 aliphatic rings. The fraction of sp³-hybridized carbons (Fsp3) is 0.923. The lowest BCUT2D eigenvalue weighted by molar-refractivity contribution is -0.148. The molecule has 0 saturated carbocycles. The molecule has 0 radical (unpaired) electrons. The van der Waals surface area contributed by atoms with Crippen molar-refractivity contribution >= 4 is 15.8 Å². The van der Waals surface area contributed by atoms with Crippen LogP contribution in [0.1, 0.15) is 26.2 Å². The van der Waals surface area contributed by atoms with E-state index >= 15 is 0 Å². The SMILES string of the molecule is CNC(C)(CCCN1CCCS(=O)(=O)CC1)C(=O)OC. The number of nitrogens with zero attached hydrogens (tertiary/aromatic N) is 1. The third kappa shape index (κ3) is 5.03. The maximum atomic E-state index is 11.7. The van der Waals surface area contributed by atoms with Crippen LogP contribution in [0.15, 0.2) is 0 Å². The first-order chi connectivity index (χ1) is 9.33. The van der Waals surface area contributed by atoms with Crippen LogP contribution in [0.2, 0.25) is 0 Å². The van der Waals surface area contributed by atoms with E-state index in [1.807, 2.05) is 6.92 Å². The van der Waals surface area contributed by atoms with E-state index in [4.69, 9.17) is 4.74 Å². The summed E-state index contributed by atoms with van der Waals surface area (Å²) in [6.07, 6.45) is 2.19. The first-order valence-corrected chi connectivity index (χ1v) is 8.85. The molecule has 7 heteroatoms. The highest BCUT2D eigenvalue weighted by Gasteiger charge is 2.32. The summed E-state index contributed by atoms with van der Waals surface area (Å²) in [6.45, 7) is 4.04. The van der Waals surface area contributed by atoms with Crippen molar-refractivity contribution < 1.29 is 17.9 Å². The molecule has 20 heavy (non-hydrogen) atoms. The van der Waals surface area contributed by atoms with Gasteiger partial charge in [0.15, 0.2) is 9.84 Å². The molecule has 0 aromatic carbocycles. The topological polar surface area (TPSA) is 75.7 Å². The van der Waals surface area contributed by atoms with Crippen molar-refractivity contribution in [1.82, 2.24) is 10.2 Å². The second kappa shape index (κ2) is 7.38. The van der Waals surface area contributed by atoms with Crippen LogP contribution in [0.3, 0.4) is 0 Å². The summed E-state index contributed by atoms with van der Waals surface area (Å²) in [5.41, 5.74) is -0.674. The van der Waals surface area contributed by atoms with E-state index in [0.717, 1.165) is 19.5 Å². The van der Waals surface area contributed by atoms with Crippen LogP contribution in [0.5, 0.6) is 0 Å². The van der Waals surface area contributed by atoms with Crippen LogP contribution in [0, 0.1) is 0 Å². The van der Waals surface area contributed by atoms with Crippen LogP contribution in [0.4, 0.5) is 0 Å². The Morgan fingerprint density at radius 3 is 2.65 bits per heavy atom. The number of ether oxygens (including phenoxy) is 1. The van der Waals surface area contributed by atoms with Crippen LogP contribution in [-0.2, 0) is 19.4 Å². The lowest BCUT2D eigenvalue weighted by Gasteiger charge is -2.27. The number of rotatable bonds is 6. The predicted octanol–water partition coefficient (Wildman–Crippen LogP) is 0.0382. The van der Waals surface area contributed by atoms with Crippen molar-refractivity contribution in [3.63, 3.8) is 0 Å². The van der Waals surface area contributed by atoms with Gasteiger partial charge in [0.1, 0.15) is 5.54 Å². The van der Waals surface area contributed by atoms with Crippen molar-refractivity contribution in [1.29, 1.82) is 0 Å². The molecule has 0 amide bonds. The van der Waals surface area contributed by atoms with E-state index in [1.54, 1.807) is 7.05 Å². The zero-order chi connectivity index (χ0) is 15.2. The van der Waals surface area contributed by atoms with Gasteiger partial charge in [-0.05, 0) is 46.3 Å². The van der Waals surface area contributed by atoms with E-state index < -0.39 is 15.4 Å². The van der Waals surface area contributed by atoms with Gasteiger partial charge in [-0.1, -0.05) is 0 Å². The lowest BCUT2D eigenvalue weighted by Crippen LogP contribution is -2.48. The summed E-state index contributed by atoms with van der Waals surface area (Å²) < 4.78 is 27.9. The minimum atomic E-state index is -2.86. The highest BCUT2D eigenvalue weighted by molar-refractivity contribution is 7.91. The summed E-state index contributed by atoms with van der Waals surface area (Å²) in [7, 11) is 0.276. The molecular weight excluding hydrogens is 280 g/mol. The van der Waals surface area contributed by atoms with E-state index in [9.17, 15) is 13.2 Å². The average Bonchev–Trinajstić information content (AvgIpc) is 2.59. The van der Waals surface area contributed by atoms with Crippen LogP contribution in [-0.4, -0.2) is 70.1 Å². The molecule has 0 aromatic rings. The number of methoxy groups -OCH3 is 1. The van der Waals surface area contributed by atoms with Crippen molar-refractivity contribution in [3.05, 3.63) is 0 Å². The van der Waals surface area contributed by atoms with E-state index in [-0.39, 0.29) is 11.7 Å². The van der Waals surface area contributed by atoms with Crippen molar-refractivity contribution in [2.75, 3.05) is 45.3 Å². The van der Waals surface area contributed by atoms with Gasteiger partial charge in [0.05, 0.1) is 18.6 Å². The maximum Gasteiger partial charge on any atom is 0.325 e. The Bertz CT molecular complexity index is 424. The molecule has 1 N–H and O–H groups in total. The molecule has 1 unspecified atom stereocenters. The predicted molar refractivity (Wildman–Crippen MR) is 78.4 cm³/mol. The first kappa shape index (κ1) is 17.4. The van der Waals surface area contributed by atoms with Gasteiger partial charge in [-0.2, -0.15) is 0 Å². The van der Waals surface area contributed by atoms with Gasteiger partial charge in [0, 0.05) is 6.54 Å². The molecule has 1 saturated heterocycles. The molecule has 0 aromatic heterocycles. The largest absolute Gasteiger partial charge is 0.468 e. The number of likely N-dealkylation sites (N-methyl/N-ethyl adjacent to an activating group) is 1. The Morgan fingerprint density at radius 1 is 1.35 bits per heavy atom. The molecule has 0 spiro atoms. The third-order valence-electron chi connectivity index (χ3n) is 3.99. The number of sulfone groups is 1. The Kier molecular flexibility index (Phi) is 6.42. The van der Waals surface area contributed by atoms with Gasteiger partial charge in [-0.25, -0.2) is 8.42 Å². The van der Waals surface area contributed by atoms with E-state index in [2.05, 4.69) is 10.2 Å². The third-order valence-corrected chi connectivity index (χ3v) is 5.70. The zero-order valence-corrected chi connectivity index (χ0v) is 13.5. The van der Waals surface area contributed by atoms with Gasteiger partial charge < -0.3 is 15.0 Å². The minimum absolute atomic E-state index is 0.243. The van der Waals surface area contributed by atoms with E-state index in [0.29, 0.717) is 25.1 Å². The van der Waals surface area contributed by atoms with Gasteiger partial charge in [0.2, 0.25) is 0 Å². The molecule has 1 atom stereocenters. The molecule has 1 aliphatic heterocycles. The normalized spacial score (nSPS) is 22.8. The Hall–Kier alpha value is -0.660. The van der Waals surface area contributed by atoms with Crippen LogP contribution >= 0.6 is 0 Å². The van der Waals surface area contributed by atoms with Gasteiger partial charge >= 0.3 is 5.97 Å². The van der Waals surface area contributed by atoms with Crippen molar-refractivity contribution in [2.24, 2.45) is 0 Å². The van der Waals surface area contributed by atoms with Crippen molar-refractivity contribution in [2.45, 2.75) is 31.7 Å². The zero-order valence-electron chi connectivity index (χ0n) is 12.6. The molecule has 0 aliphatic carbocycles. The molecular formula is C13H26N2O4S. The standard InChI is InChI=1S/C13H26N2O4S/c1-13(14-2,12(16)19-3)6-4-7-15-8-5-10-20(17,18)11-9-15/h14H,4-11H2,1-3H3. The van der Waals surface area contributed by atoms with Crippen LogP contribution in [0.25, 0.3) is 0 Å². The molecule has 0 bridgehead atoms. The van der Waals surface area contributed by atoms with E-state index in [1.165, 1.54) is 7.11 Å². The molecule has 1 rings (SSSR count). The quantitative estimate of drug-likeness (QED) is 0.698. The Morgan fingerprint density at radius 2 is 2.05 bits per heavy atom. The fourth-order valence-electron chi connectivity index (χ4n) is 2.42. The monoisotopic (exact) mass is 306 g/mol. The molecule has 1 heterocycles. The number of carbonyl (C=O) groups excluding carboxylic acids is 1. The Labute approximate surface area is 121 Å². The molecule has 6 nitrogen and oxygen atoms in total. The summed E-state index contributed by atoms with van der Waals surface area (Å²) in [4.78, 5) is 13.9. The average molecular weight is 306 g/mol. The minimum Gasteiger partial charge on any atom is -0.468 e. The summed E-state index contributed by atoms with van der Waals surface area (Å²) in [5, 5.41) is 3.00.